The summed E-state index contributed by atoms with van der Waals surface area (Å²) in [6, 6.07) is 5.54. The Balaban J connectivity index is 1.48. The fourth-order valence-electron chi connectivity index (χ4n) is 3.62. The zero-order valence-corrected chi connectivity index (χ0v) is 17.3. The molecule has 0 saturated carbocycles. The number of piperidine rings is 1. The Bertz CT molecular complexity index is 1150. The largest absolute Gasteiger partial charge is 0.334 e. The van der Waals surface area contributed by atoms with E-state index in [2.05, 4.69) is 15.4 Å². The Hall–Kier alpha value is -2.72. The van der Waals surface area contributed by atoms with Crippen molar-refractivity contribution < 1.29 is 13.2 Å². The Kier molecular flexibility index (Phi) is 5.13. The highest BCUT2D eigenvalue weighted by Gasteiger charge is 2.34. The lowest BCUT2D eigenvalue weighted by Gasteiger charge is -2.30. The number of aryl methyl sites for hydroxylation is 2. The molecule has 1 saturated heterocycles. The van der Waals surface area contributed by atoms with Crippen LogP contribution in [0.25, 0.3) is 11.0 Å². The van der Waals surface area contributed by atoms with Gasteiger partial charge in [0.2, 0.25) is 15.9 Å². The van der Waals surface area contributed by atoms with E-state index in [9.17, 15) is 13.2 Å². The summed E-state index contributed by atoms with van der Waals surface area (Å²) in [4.78, 5) is 17.3. The lowest BCUT2D eigenvalue weighted by atomic mass is 9.98. The molecule has 1 N–H and O–H groups in total. The maximum atomic E-state index is 12.9. The van der Waals surface area contributed by atoms with Crippen molar-refractivity contribution >= 4 is 32.7 Å². The van der Waals surface area contributed by atoms with E-state index in [-0.39, 0.29) is 17.3 Å². The summed E-state index contributed by atoms with van der Waals surface area (Å²) in [5.74, 6) is -0.572. The number of nitrogens with zero attached hydrogens (tertiary/aromatic N) is 5. The number of imidazole rings is 1. The van der Waals surface area contributed by atoms with E-state index >= 15 is 0 Å². The molecule has 3 heterocycles. The molecule has 4 rings (SSSR count). The van der Waals surface area contributed by atoms with Crippen LogP contribution in [-0.2, 0) is 28.4 Å². The zero-order valence-electron chi connectivity index (χ0n) is 16.4. The molecule has 29 heavy (non-hydrogen) atoms. The minimum Gasteiger partial charge on any atom is -0.334 e. The standard InChI is InChI=1S/C19H24N6O3S/c1-3-24-12-16(10-21-24)29(27,28)25-8-4-5-14(11-25)19(26)22-15-6-7-17-18(9-15)23(2)13-20-17/h6-7,9-10,12-14H,3-5,8,11H2,1-2H3,(H,22,26)/t14-/m1/s1. The molecule has 0 spiro atoms. The van der Waals surface area contributed by atoms with E-state index in [1.807, 2.05) is 36.7 Å². The number of aromatic nitrogens is 4. The summed E-state index contributed by atoms with van der Waals surface area (Å²) in [6.07, 6.45) is 5.91. The zero-order chi connectivity index (χ0) is 20.6. The van der Waals surface area contributed by atoms with Crippen LogP contribution in [0.1, 0.15) is 19.8 Å². The van der Waals surface area contributed by atoms with Gasteiger partial charge in [-0.05, 0) is 38.0 Å². The molecule has 1 aliphatic rings. The number of hydrogen-bond acceptors (Lipinski definition) is 5. The van der Waals surface area contributed by atoms with Gasteiger partial charge >= 0.3 is 0 Å². The van der Waals surface area contributed by atoms with Gasteiger partial charge < -0.3 is 9.88 Å². The highest BCUT2D eigenvalue weighted by molar-refractivity contribution is 7.89. The molecule has 1 aromatic carbocycles. The third-order valence-corrected chi connectivity index (χ3v) is 7.14. The smallest absolute Gasteiger partial charge is 0.246 e. The van der Waals surface area contributed by atoms with E-state index in [1.165, 1.54) is 16.7 Å². The van der Waals surface area contributed by atoms with Crippen molar-refractivity contribution in [1.82, 2.24) is 23.6 Å². The van der Waals surface area contributed by atoms with Crippen molar-refractivity contribution in [1.29, 1.82) is 0 Å². The molecule has 1 atom stereocenters. The first-order chi connectivity index (χ1) is 13.9. The van der Waals surface area contributed by atoms with Gasteiger partial charge in [0.25, 0.3) is 0 Å². The van der Waals surface area contributed by atoms with Gasteiger partial charge in [-0.1, -0.05) is 0 Å². The summed E-state index contributed by atoms with van der Waals surface area (Å²) in [6.45, 7) is 3.07. The molecule has 1 amide bonds. The normalized spacial score (nSPS) is 18.2. The Morgan fingerprint density at radius 2 is 2.17 bits per heavy atom. The van der Waals surface area contributed by atoms with Crippen LogP contribution in [-0.4, -0.2) is 51.1 Å². The number of carbonyl (C=O) groups excluding carboxylic acids is 1. The van der Waals surface area contributed by atoms with Gasteiger partial charge in [0, 0.05) is 38.6 Å². The van der Waals surface area contributed by atoms with Crippen molar-refractivity contribution in [2.45, 2.75) is 31.2 Å². The lowest BCUT2D eigenvalue weighted by molar-refractivity contribution is -0.120. The number of hydrogen-bond donors (Lipinski definition) is 1. The lowest BCUT2D eigenvalue weighted by Crippen LogP contribution is -2.43. The number of anilines is 1. The second-order valence-corrected chi connectivity index (χ2v) is 9.22. The van der Waals surface area contributed by atoms with Gasteiger partial charge in [0.1, 0.15) is 4.90 Å². The summed E-state index contributed by atoms with van der Waals surface area (Å²) in [5, 5.41) is 6.99. The van der Waals surface area contributed by atoms with Gasteiger partial charge in [-0.2, -0.15) is 9.40 Å². The molecule has 2 aromatic heterocycles. The first-order valence-corrected chi connectivity index (χ1v) is 11.1. The van der Waals surface area contributed by atoms with Crippen LogP contribution in [0.4, 0.5) is 5.69 Å². The van der Waals surface area contributed by atoms with Crippen molar-refractivity contribution in [2.75, 3.05) is 18.4 Å². The number of fused-ring (bicyclic) bond motifs is 1. The first kappa shape index (κ1) is 19.6. The number of carbonyl (C=O) groups is 1. The van der Waals surface area contributed by atoms with Crippen LogP contribution >= 0.6 is 0 Å². The topological polar surface area (TPSA) is 102 Å². The predicted octanol–water partition coefficient (Wildman–Crippen LogP) is 1.83. The fourth-order valence-corrected chi connectivity index (χ4v) is 5.10. The molecule has 10 heteroatoms. The maximum Gasteiger partial charge on any atom is 0.246 e. The Morgan fingerprint density at radius 1 is 1.34 bits per heavy atom. The number of benzene rings is 1. The summed E-state index contributed by atoms with van der Waals surface area (Å²) in [5.41, 5.74) is 2.45. The van der Waals surface area contributed by atoms with Crippen molar-refractivity contribution in [3.63, 3.8) is 0 Å². The second kappa shape index (κ2) is 7.60. The highest BCUT2D eigenvalue weighted by atomic mass is 32.2. The molecular weight excluding hydrogens is 392 g/mol. The van der Waals surface area contributed by atoms with Crippen LogP contribution in [0.5, 0.6) is 0 Å². The average molecular weight is 417 g/mol. The fraction of sp³-hybridized carbons (Fsp3) is 0.421. The molecule has 9 nitrogen and oxygen atoms in total. The summed E-state index contributed by atoms with van der Waals surface area (Å²) < 4.78 is 30.7. The van der Waals surface area contributed by atoms with E-state index in [4.69, 9.17) is 0 Å². The van der Waals surface area contributed by atoms with Crippen molar-refractivity contribution in [3.8, 4) is 0 Å². The van der Waals surface area contributed by atoms with Crippen molar-refractivity contribution in [3.05, 3.63) is 36.9 Å². The number of amides is 1. The second-order valence-electron chi connectivity index (χ2n) is 7.28. The van der Waals surface area contributed by atoms with E-state index in [0.717, 1.165) is 11.0 Å². The maximum absolute atomic E-state index is 12.9. The van der Waals surface area contributed by atoms with Crippen LogP contribution in [0, 0.1) is 5.92 Å². The molecule has 0 aliphatic carbocycles. The Labute approximate surface area is 169 Å². The third kappa shape index (κ3) is 3.77. The minimum absolute atomic E-state index is 0.166. The SMILES string of the molecule is CCn1cc(S(=O)(=O)N2CCC[C@@H](C(=O)Nc3ccc4ncn(C)c4c3)C2)cn1. The molecular formula is C19H24N6O3S. The first-order valence-electron chi connectivity index (χ1n) is 9.63. The highest BCUT2D eigenvalue weighted by Crippen LogP contribution is 2.25. The predicted molar refractivity (Wildman–Crippen MR) is 109 cm³/mol. The molecule has 1 fully saturated rings. The van der Waals surface area contributed by atoms with Gasteiger partial charge in [0.15, 0.2) is 0 Å². The van der Waals surface area contributed by atoms with Gasteiger partial charge in [-0.15, -0.1) is 0 Å². The molecule has 0 bridgehead atoms. The number of rotatable bonds is 5. The molecule has 1 aliphatic heterocycles. The quantitative estimate of drug-likeness (QED) is 0.684. The molecule has 0 unspecified atom stereocenters. The van der Waals surface area contributed by atoms with Crippen LogP contribution < -0.4 is 5.32 Å². The van der Waals surface area contributed by atoms with E-state index < -0.39 is 15.9 Å². The Morgan fingerprint density at radius 3 is 2.93 bits per heavy atom. The number of nitrogens with one attached hydrogen (secondary N) is 1. The van der Waals surface area contributed by atoms with Gasteiger partial charge in [-0.3, -0.25) is 9.48 Å². The van der Waals surface area contributed by atoms with Gasteiger partial charge in [-0.25, -0.2) is 13.4 Å². The minimum atomic E-state index is -3.66. The summed E-state index contributed by atoms with van der Waals surface area (Å²) >= 11 is 0. The molecule has 0 radical (unpaired) electrons. The molecule has 3 aromatic rings. The third-order valence-electron chi connectivity index (χ3n) is 5.32. The number of sulfonamides is 1. The summed E-state index contributed by atoms with van der Waals surface area (Å²) in [7, 11) is -1.76. The van der Waals surface area contributed by atoms with Crippen molar-refractivity contribution in [2.24, 2.45) is 13.0 Å². The molecule has 154 valence electrons. The van der Waals surface area contributed by atoms with Crippen LogP contribution in [0.2, 0.25) is 0 Å². The van der Waals surface area contributed by atoms with E-state index in [0.29, 0.717) is 31.6 Å². The van der Waals surface area contributed by atoms with E-state index in [1.54, 1.807) is 11.0 Å². The van der Waals surface area contributed by atoms with Crippen LogP contribution in [0.15, 0.2) is 41.8 Å². The van der Waals surface area contributed by atoms with Gasteiger partial charge in [0.05, 0.1) is 29.5 Å². The van der Waals surface area contributed by atoms with Crippen LogP contribution in [0.3, 0.4) is 0 Å². The monoisotopic (exact) mass is 416 g/mol. The average Bonchev–Trinajstić information content (AvgIpc) is 3.36.